The molecule has 146 valence electrons. The molecule has 0 N–H and O–H groups in total. The van der Waals surface area contributed by atoms with Crippen LogP contribution >= 0.6 is 11.3 Å². The number of halogens is 2. The summed E-state index contributed by atoms with van der Waals surface area (Å²) in [7, 11) is -4.92. The summed E-state index contributed by atoms with van der Waals surface area (Å²) in [4.78, 5) is 11.6. The van der Waals surface area contributed by atoms with Gasteiger partial charge in [-0.1, -0.05) is 0 Å². The molecule has 1 fully saturated rings. The van der Waals surface area contributed by atoms with E-state index in [1.54, 1.807) is 4.90 Å². The van der Waals surface area contributed by atoms with Gasteiger partial charge in [-0.2, -0.15) is 20.1 Å². The molecule has 2 heterocycles. The van der Waals surface area contributed by atoms with Gasteiger partial charge < -0.3 is 9.64 Å². The highest BCUT2D eigenvalue weighted by atomic mass is 32.2. The third-order valence-corrected chi connectivity index (χ3v) is 6.30. The van der Waals surface area contributed by atoms with Crippen LogP contribution in [0.2, 0.25) is 0 Å². The number of anilines is 1. The molecule has 0 spiro atoms. The summed E-state index contributed by atoms with van der Waals surface area (Å²) >= 11 is 1.50. The van der Waals surface area contributed by atoms with Crippen LogP contribution in [0.15, 0.2) is 39.9 Å². The predicted molar refractivity (Wildman–Crippen MR) is 96.1 cm³/mol. The fourth-order valence-corrected chi connectivity index (χ4v) is 4.43. The van der Waals surface area contributed by atoms with E-state index in [1.165, 1.54) is 17.4 Å². The fourth-order valence-electron chi connectivity index (χ4n) is 2.99. The monoisotopic (exact) mass is 418 g/mol. The van der Waals surface area contributed by atoms with E-state index in [4.69, 9.17) is 4.74 Å². The van der Waals surface area contributed by atoms with Crippen molar-refractivity contribution in [3.05, 3.63) is 50.7 Å². The van der Waals surface area contributed by atoms with Gasteiger partial charge in [0.15, 0.2) is 0 Å². The van der Waals surface area contributed by atoms with E-state index < -0.39 is 31.1 Å². The second-order valence-electron chi connectivity index (χ2n) is 6.11. The molecule has 0 aliphatic carbocycles. The van der Waals surface area contributed by atoms with Gasteiger partial charge in [-0.05, 0) is 41.4 Å². The molecule has 0 saturated carbocycles. The summed E-state index contributed by atoms with van der Waals surface area (Å²) in [6, 6.07) is 4.77. The Hall–Kier alpha value is -2.11. The molecular weight excluding hydrogens is 402 g/mol. The van der Waals surface area contributed by atoms with Crippen molar-refractivity contribution in [1.82, 2.24) is 0 Å². The van der Waals surface area contributed by atoms with Crippen LogP contribution in [0.4, 0.5) is 20.2 Å². The molecule has 1 aliphatic rings. The maximum Gasteiger partial charge on any atom is 0.341 e. The lowest BCUT2D eigenvalue weighted by atomic mass is 10.1. The number of hydrogen-bond acceptors (Lipinski definition) is 7. The summed E-state index contributed by atoms with van der Waals surface area (Å²) in [5.41, 5.74) is 0.578. The largest absolute Gasteiger partial charge is 0.367 e. The average molecular weight is 418 g/mol. The van der Waals surface area contributed by atoms with Gasteiger partial charge in [-0.25, -0.2) is 8.42 Å². The minimum Gasteiger partial charge on any atom is -0.367 e. The molecule has 0 radical (unpaired) electrons. The smallest absolute Gasteiger partial charge is 0.341 e. The van der Waals surface area contributed by atoms with Crippen molar-refractivity contribution >= 4 is 32.5 Å². The van der Waals surface area contributed by atoms with Crippen molar-refractivity contribution in [3.63, 3.8) is 0 Å². The highest BCUT2D eigenvalue weighted by Gasteiger charge is 2.33. The van der Waals surface area contributed by atoms with Gasteiger partial charge in [-0.15, -0.1) is 0 Å². The molecule has 2 aromatic rings. The third-order valence-electron chi connectivity index (χ3n) is 4.22. The Balaban J connectivity index is 1.99. The van der Waals surface area contributed by atoms with Gasteiger partial charge in [0.2, 0.25) is 9.84 Å². The molecule has 7 nitrogen and oxygen atoms in total. The van der Waals surface area contributed by atoms with Crippen LogP contribution in [0.25, 0.3) is 0 Å². The minimum atomic E-state index is -4.92. The Kier molecular flexibility index (Phi) is 5.45. The molecule has 2 atom stereocenters. The van der Waals surface area contributed by atoms with Crippen LogP contribution in [-0.2, 0) is 14.6 Å². The van der Waals surface area contributed by atoms with Crippen molar-refractivity contribution in [1.29, 1.82) is 0 Å². The Morgan fingerprint density at radius 3 is 2.67 bits per heavy atom. The highest BCUT2D eigenvalue weighted by molar-refractivity contribution is 7.91. The maximum atomic E-state index is 12.8. The van der Waals surface area contributed by atoms with E-state index in [-0.39, 0.29) is 17.9 Å². The summed E-state index contributed by atoms with van der Waals surface area (Å²) < 4.78 is 54.7. The van der Waals surface area contributed by atoms with Gasteiger partial charge in [0, 0.05) is 19.2 Å². The van der Waals surface area contributed by atoms with Gasteiger partial charge in [0.25, 0.3) is 5.69 Å². The average Bonchev–Trinajstić information content (AvgIpc) is 3.15. The number of hydrogen-bond donors (Lipinski definition) is 0. The molecule has 1 aliphatic heterocycles. The molecule has 2 unspecified atom stereocenters. The maximum absolute atomic E-state index is 12.8. The predicted octanol–water partition coefficient (Wildman–Crippen LogP) is 3.62. The number of ether oxygens (including phenoxy) is 1. The number of thiophene rings is 1. The van der Waals surface area contributed by atoms with Crippen LogP contribution in [0.5, 0.6) is 0 Å². The summed E-state index contributed by atoms with van der Waals surface area (Å²) in [6.45, 7) is 2.50. The number of nitro benzene ring substituents is 1. The Bertz CT molecular complexity index is 934. The van der Waals surface area contributed by atoms with Gasteiger partial charge in [-0.3, -0.25) is 10.1 Å². The van der Waals surface area contributed by atoms with Gasteiger partial charge >= 0.3 is 5.76 Å². The number of nitrogens with zero attached hydrogens (tertiary/aromatic N) is 2. The van der Waals surface area contributed by atoms with E-state index in [1.807, 2.05) is 23.8 Å². The second-order valence-corrected chi connectivity index (χ2v) is 8.81. The zero-order chi connectivity index (χ0) is 19.8. The lowest BCUT2D eigenvalue weighted by Crippen LogP contribution is -2.43. The van der Waals surface area contributed by atoms with Crippen LogP contribution in [0.1, 0.15) is 18.6 Å². The lowest BCUT2D eigenvalue weighted by Gasteiger charge is -2.37. The summed E-state index contributed by atoms with van der Waals surface area (Å²) in [5.74, 6) is -3.64. The lowest BCUT2D eigenvalue weighted by molar-refractivity contribution is -0.384. The molecule has 27 heavy (non-hydrogen) atoms. The van der Waals surface area contributed by atoms with Crippen LogP contribution in [0, 0.1) is 10.1 Å². The van der Waals surface area contributed by atoms with Crippen molar-refractivity contribution in [2.24, 2.45) is 0 Å². The van der Waals surface area contributed by atoms with Crippen LogP contribution in [0.3, 0.4) is 0 Å². The van der Waals surface area contributed by atoms with Crippen LogP contribution in [-0.4, -0.2) is 38.3 Å². The topological polar surface area (TPSA) is 89.8 Å². The van der Waals surface area contributed by atoms with E-state index in [9.17, 15) is 27.3 Å². The molecule has 1 aromatic heterocycles. The number of morpholine rings is 1. The van der Waals surface area contributed by atoms with Gasteiger partial charge in [0.05, 0.1) is 15.9 Å². The molecule has 3 rings (SSSR count). The molecule has 0 amide bonds. The van der Waals surface area contributed by atoms with Crippen LogP contribution < -0.4 is 4.90 Å². The summed E-state index contributed by atoms with van der Waals surface area (Å²) in [5, 5.41) is 15.3. The standard InChI is InChI=1S/C16H16F2N2O5S2/c1-10-7-19(8-15(25-10)11-4-5-26-9-11)13-3-2-12(6-14(13)20(21)22)27(23,24)16(17)18/h2-6,9-10,15-16H,7-8H2,1H3. The Morgan fingerprint density at radius 2 is 2.07 bits per heavy atom. The Morgan fingerprint density at radius 1 is 1.33 bits per heavy atom. The Labute approximate surface area is 158 Å². The normalized spacial score (nSPS) is 20.8. The number of sulfone groups is 1. The fraction of sp³-hybridized carbons (Fsp3) is 0.375. The van der Waals surface area contributed by atoms with Crippen molar-refractivity contribution < 1.29 is 26.9 Å². The number of alkyl halides is 2. The first-order valence-electron chi connectivity index (χ1n) is 7.93. The zero-order valence-electron chi connectivity index (χ0n) is 14.1. The van der Waals surface area contributed by atoms with E-state index >= 15 is 0 Å². The molecule has 1 saturated heterocycles. The minimum absolute atomic E-state index is 0.170. The number of rotatable bonds is 5. The SMILES string of the molecule is CC1CN(c2ccc(S(=O)(=O)C(F)F)cc2[N+](=O)[O-])CC(c2ccsc2)O1. The number of nitro groups is 1. The summed E-state index contributed by atoms with van der Waals surface area (Å²) in [6.07, 6.45) is -0.531. The molecule has 11 heteroatoms. The van der Waals surface area contributed by atoms with E-state index in [2.05, 4.69) is 0 Å². The van der Waals surface area contributed by atoms with Crippen molar-refractivity contribution in [2.75, 3.05) is 18.0 Å². The first-order chi connectivity index (χ1) is 12.7. The second kappa shape index (κ2) is 7.49. The van der Waals surface area contributed by atoms with E-state index in [0.717, 1.165) is 11.6 Å². The van der Waals surface area contributed by atoms with Crippen molar-refractivity contribution in [3.8, 4) is 0 Å². The first kappa shape index (κ1) is 19.6. The third kappa shape index (κ3) is 3.94. The first-order valence-corrected chi connectivity index (χ1v) is 10.4. The van der Waals surface area contributed by atoms with Gasteiger partial charge in [0.1, 0.15) is 11.8 Å². The van der Waals surface area contributed by atoms with Crippen molar-refractivity contribution in [2.45, 2.75) is 29.8 Å². The zero-order valence-corrected chi connectivity index (χ0v) is 15.8. The molecule has 0 bridgehead atoms. The molecular formula is C16H16F2N2O5S2. The number of benzene rings is 1. The quantitative estimate of drug-likeness (QED) is 0.544. The highest BCUT2D eigenvalue weighted by Crippen LogP contribution is 2.36. The molecule has 1 aromatic carbocycles. The van der Waals surface area contributed by atoms with E-state index in [0.29, 0.717) is 19.2 Å².